The fourth-order valence-electron chi connectivity index (χ4n) is 1.72. The Bertz CT molecular complexity index is 499. The van der Waals surface area contributed by atoms with Crippen molar-refractivity contribution in [3.05, 3.63) is 51.7 Å². The number of nitrogens with zero attached hydrogens (tertiary/aromatic N) is 2. The van der Waals surface area contributed by atoms with Gasteiger partial charge < -0.3 is 5.32 Å². The molecule has 96 valence electrons. The van der Waals surface area contributed by atoms with Crippen LogP contribution in [0, 0.1) is 0 Å². The minimum Gasteiger partial charge on any atom is -0.308 e. The molecule has 1 aromatic heterocycles. The van der Waals surface area contributed by atoms with E-state index in [9.17, 15) is 0 Å². The Morgan fingerprint density at radius 1 is 1.50 bits per heavy atom. The van der Waals surface area contributed by atoms with Crippen molar-refractivity contribution in [1.29, 1.82) is 0 Å². The highest BCUT2D eigenvalue weighted by Gasteiger charge is 2.05. The Kier molecular flexibility index (Phi) is 4.80. The third-order valence-electron chi connectivity index (χ3n) is 2.67. The molecule has 5 heteroatoms. The van der Waals surface area contributed by atoms with Gasteiger partial charge in [0.2, 0.25) is 0 Å². The Morgan fingerprint density at radius 2 is 2.33 bits per heavy atom. The number of rotatable bonds is 5. The summed E-state index contributed by atoms with van der Waals surface area (Å²) in [7, 11) is 0. The lowest BCUT2D eigenvalue weighted by molar-refractivity contribution is 0.450. The lowest BCUT2D eigenvalue weighted by atomic mass is 10.2. The molecule has 0 saturated carbocycles. The topological polar surface area (TPSA) is 29.9 Å². The standard InChI is InChI=1S/C13H15BrClN3/c1-10(9-18-6-2-5-17-18)16-8-11-7-12(15)3-4-13(11)14/h2-7,10,16H,8-9H2,1H3. The Morgan fingerprint density at radius 3 is 3.06 bits per heavy atom. The average Bonchev–Trinajstić information content (AvgIpc) is 2.83. The summed E-state index contributed by atoms with van der Waals surface area (Å²) in [6.07, 6.45) is 3.76. The SMILES string of the molecule is CC(Cn1cccn1)NCc1cc(Cl)ccc1Br. The number of aromatic nitrogens is 2. The van der Waals surface area contributed by atoms with Gasteiger partial charge in [0.05, 0.1) is 6.54 Å². The van der Waals surface area contributed by atoms with Crippen LogP contribution in [0.5, 0.6) is 0 Å². The highest BCUT2D eigenvalue weighted by molar-refractivity contribution is 9.10. The predicted molar refractivity (Wildman–Crippen MR) is 77.7 cm³/mol. The molecule has 2 aromatic rings. The van der Waals surface area contributed by atoms with E-state index in [0.717, 1.165) is 28.1 Å². The quantitative estimate of drug-likeness (QED) is 0.910. The fraction of sp³-hybridized carbons (Fsp3) is 0.308. The van der Waals surface area contributed by atoms with E-state index < -0.39 is 0 Å². The van der Waals surface area contributed by atoms with Gasteiger partial charge in [-0.2, -0.15) is 5.10 Å². The molecule has 1 aromatic carbocycles. The highest BCUT2D eigenvalue weighted by Crippen LogP contribution is 2.21. The number of benzene rings is 1. The van der Waals surface area contributed by atoms with Crippen LogP contribution in [0.25, 0.3) is 0 Å². The second-order valence-electron chi connectivity index (χ2n) is 4.25. The molecule has 0 saturated heterocycles. The van der Waals surface area contributed by atoms with E-state index in [-0.39, 0.29) is 0 Å². The summed E-state index contributed by atoms with van der Waals surface area (Å²) in [5, 5.41) is 8.40. The molecule has 0 aliphatic rings. The molecule has 0 bridgehead atoms. The molecule has 3 nitrogen and oxygen atoms in total. The second-order valence-corrected chi connectivity index (χ2v) is 5.54. The molecule has 0 fully saturated rings. The van der Waals surface area contributed by atoms with Gasteiger partial charge in [-0.3, -0.25) is 4.68 Å². The predicted octanol–water partition coefficient (Wildman–Crippen LogP) is 3.48. The molecule has 18 heavy (non-hydrogen) atoms. The van der Waals surface area contributed by atoms with Crippen molar-refractivity contribution in [1.82, 2.24) is 15.1 Å². The van der Waals surface area contributed by atoms with Crippen LogP contribution in [0.15, 0.2) is 41.1 Å². The molecule has 0 radical (unpaired) electrons. The zero-order valence-corrected chi connectivity index (χ0v) is 12.4. The summed E-state index contributed by atoms with van der Waals surface area (Å²) >= 11 is 9.51. The maximum atomic E-state index is 5.98. The summed E-state index contributed by atoms with van der Waals surface area (Å²) in [4.78, 5) is 0. The zero-order valence-electron chi connectivity index (χ0n) is 10.1. The first-order valence-corrected chi connectivity index (χ1v) is 6.97. The molecule has 1 N–H and O–H groups in total. The lowest BCUT2D eigenvalue weighted by Gasteiger charge is -2.14. The summed E-state index contributed by atoms with van der Waals surface area (Å²) in [6.45, 7) is 3.77. The molecule has 0 amide bonds. The van der Waals surface area contributed by atoms with Gasteiger partial charge in [-0.25, -0.2) is 0 Å². The molecule has 0 spiro atoms. The Labute approximate surface area is 120 Å². The van der Waals surface area contributed by atoms with Gasteiger partial charge in [0.1, 0.15) is 0 Å². The number of halogens is 2. The molecule has 1 heterocycles. The van der Waals surface area contributed by atoms with E-state index in [1.807, 2.05) is 35.1 Å². The first-order valence-electron chi connectivity index (χ1n) is 5.80. The molecule has 2 rings (SSSR count). The summed E-state index contributed by atoms with van der Waals surface area (Å²) in [5.74, 6) is 0. The van der Waals surface area contributed by atoms with Crippen LogP contribution in [0.3, 0.4) is 0 Å². The Hall–Kier alpha value is -0.840. The smallest absolute Gasteiger partial charge is 0.0560 e. The van der Waals surface area contributed by atoms with Gasteiger partial charge in [-0.15, -0.1) is 0 Å². The monoisotopic (exact) mass is 327 g/mol. The molecular formula is C13H15BrClN3. The van der Waals surface area contributed by atoms with E-state index in [1.165, 1.54) is 0 Å². The molecule has 1 unspecified atom stereocenters. The van der Waals surface area contributed by atoms with Crippen LogP contribution < -0.4 is 5.32 Å². The maximum absolute atomic E-state index is 5.98. The van der Waals surface area contributed by atoms with Crippen LogP contribution in [0.2, 0.25) is 5.02 Å². The largest absolute Gasteiger partial charge is 0.308 e. The minimum absolute atomic E-state index is 0.343. The molecule has 1 atom stereocenters. The second kappa shape index (κ2) is 6.36. The van der Waals surface area contributed by atoms with E-state index >= 15 is 0 Å². The third-order valence-corrected chi connectivity index (χ3v) is 3.68. The number of hydrogen-bond donors (Lipinski definition) is 1. The van der Waals surface area contributed by atoms with Gasteiger partial charge in [0, 0.05) is 34.5 Å². The van der Waals surface area contributed by atoms with Gasteiger partial charge in [-0.1, -0.05) is 27.5 Å². The van der Waals surface area contributed by atoms with Crippen molar-refractivity contribution in [2.24, 2.45) is 0 Å². The van der Waals surface area contributed by atoms with Crippen molar-refractivity contribution in [3.8, 4) is 0 Å². The zero-order chi connectivity index (χ0) is 13.0. The minimum atomic E-state index is 0.343. The number of nitrogens with one attached hydrogen (secondary N) is 1. The van der Waals surface area contributed by atoms with Gasteiger partial charge >= 0.3 is 0 Å². The fourth-order valence-corrected chi connectivity index (χ4v) is 2.30. The highest BCUT2D eigenvalue weighted by atomic mass is 79.9. The van der Waals surface area contributed by atoms with Gasteiger partial charge in [0.25, 0.3) is 0 Å². The van der Waals surface area contributed by atoms with Crippen molar-refractivity contribution >= 4 is 27.5 Å². The van der Waals surface area contributed by atoms with E-state index in [0.29, 0.717) is 6.04 Å². The first-order chi connectivity index (χ1) is 8.65. The van der Waals surface area contributed by atoms with Crippen LogP contribution in [-0.2, 0) is 13.1 Å². The number of hydrogen-bond acceptors (Lipinski definition) is 2. The molecule has 0 aliphatic heterocycles. The lowest BCUT2D eigenvalue weighted by Crippen LogP contribution is -2.30. The maximum Gasteiger partial charge on any atom is 0.0560 e. The van der Waals surface area contributed by atoms with Crippen LogP contribution >= 0.6 is 27.5 Å². The van der Waals surface area contributed by atoms with Gasteiger partial charge in [0.15, 0.2) is 0 Å². The van der Waals surface area contributed by atoms with E-state index in [4.69, 9.17) is 11.6 Å². The first kappa shape index (κ1) is 13.6. The van der Waals surface area contributed by atoms with Gasteiger partial charge in [-0.05, 0) is 36.8 Å². The van der Waals surface area contributed by atoms with Crippen molar-refractivity contribution in [2.45, 2.75) is 26.1 Å². The molecular weight excluding hydrogens is 314 g/mol. The van der Waals surface area contributed by atoms with Crippen molar-refractivity contribution in [2.75, 3.05) is 0 Å². The Balaban J connectivity index is 1.89. The average molecular weight is 329 g/mol. The van der Waals surface area contributed by atoms with E-state index in [2.05, 4.69) is 33.3 Å². The summed E-state index contributed by atoms with van der Waals surface area (Å²) < 4.78 is 3.00. The summed E-state index contributed by atoms with van der Waals surface area (Å²) in [5.41, 5.74) is 1.16. The van der Waals surface area contributed by atoms with Crippen LogP contribution in [0.1, 0.15) is 12.5 Å². The van der Waals surface area contributed by atoms with Crippen LogP contribution in [0.4, 0.5) is 0 Å². The summed E-state index contributed by atoms with van der Waals surface area (Å²) in [6, 6.07) is 8.09. The van der Waals surface area contributed by atoms with Crippen LogP contribution in [-0.4, -0.2) is 15.8 Å². The molecule has 0 aliphatic carbocycles. The van der Waals surface area contributed by atoms with E-state index in [1.54, 1.807) is 6.20 Å². The van der Waals surface area contributed by atoms with Crippen molar-refractivity contribution in [3.63, 3.8) is 0 Å². The normalized spacial score (nSPS) is 12.6. The van der Waals surface area contributed by atoms with Crippen molar-refractivity contribution < 1.29 is 0 Å². The third kappa shape index (κ3) is 3.83.